The van der Waals surface area contributed by atoms with E-state index in [0.29, 0.717) is 17.0 Å². The normalized spacial score (nSPS) is 10.5. The van der Waals surface area contributed by atoms with Gasteiger partial charge in [-0.3, -0.25) is 0 Å². The Morgan fingerprint density at radius 1 is 1.30 bits per heavy atom. The molecule has 0 bridgehead atoms. The van der Waals surface area contributed by atoms with Crippen molar-refractivity contribution in [3.8, 4) is 0 Å². The van der Waals surface area contributed by atoms with Crippen molar-refractivity contribution in [2.24, 2.45) is 0 Å². The number of hydrogen-bond acceptors (Lipinski definition) is 4. The lowest BCUT2D eigenvalue weighted by atomic mass is 10.2. The van der Waals surface area contributed by atoms with E-state index in [1.807, 2.05) is 25.1 Å². The number of hydrogen-bond donors (Lipinski definition) is 1. The Morgan fingerprint density at radius 3 is 2.50 bits per heavy atom. The van der Waals surface area contributed by atoms with Crippen molar-refractivity contribution >= 4 is 22.4 Å². The molecule has 0 spiro atoms. The molecule has 0 amide bonds. The van der Waals surface area contributed by atoms with Crippen LogP contribution in [0.3, 0.4) is 0 Å². The number of nitrogens with zero attached hydrogens (tertiary/aromatic N) is 2. The van der Waals surface area contributed by atoms with Gasteiger partial charge in [0.25, 0.3) is 0 Å². The van der Waals surface area contributed by atoms with Crippen LogP contribution in [0.5, 0.6) is 0 Å². The maximum absolute atomic E-state index is 11.2. The van der Waals surface area contributed by atoms with Gasteiger partial charge >= 0.3 is 5.97 Å². The highest BCUT2D eigenvalue weighted by Crippen LogP contribution is 2.28. The summed E-state index contributed by atoms with van der Waals surface area (Å²) >= 11 is 1.26. The van der Waals surface area contributed by atoms with Crippen LogP contribution in [0.2, 0.25) is 0 Å². The van der Waals surface area contributed by atoms with Crippen molar-refractivity contribution < 1.29 is 9.90 Å². The fourth-order valence-electron chi connectivity index (χ4n) is 2.00. The number of aryl methyl sites for hydroxylation is 1. The SMILES string of the molecule is CCc1nc(N(CC)Cc2ccccc2)sc1C(=O)O. The van der Waals surface area contributed by atoms with E-state index in [0.717, 1.165) is 18.2 Å². The summed E-state index contributed by atoms with van der Waals surface area (Å²) in [4.78, 5) is 18.2. The molecule has 0 atom stereocenters. The standard InChI is InChI=1S/C15H18N2O2S/c1-3-12-13(14(18)19)20-15(16-12)17(4-2)10-11-8-6-5-7-9-11/h5-9H,3-4,10H2,1-2H3,(H,18,19). The number of anilines is 1. The number of rotatable bonds is 6. The Morgan fingerprint density at radius 2 is 2.00 bits per heavy atom. The van der Waals surface area contributed by atoms with Crippen LogP contribution >= 0.6 is 11.3 Å². The van der Waals surface area contributed by atoms with E-state index in [4.69, 9.17) is 0 Å². The van der Waals surface area contributed by atoms with Gasteiger partial charge in [-0.05, 0) is 18.9 Å². The molecule has 2 rings (SSSR count). The van der Waals surface area contributed by atoms with Crippen LogP contribution in [-0.4, -0.2) is 22.6 Å². The highest BCUT2D eigenvalue weighted by atomic mass is 32.1. The number of carboxylic acids is 1. The Balaban J connectivity index is 2.25. The third-order valence-corrected chi connectivity index (χ3v) is 4.23. The van der Waals surface area contributed by atoms with Gasteiger partial charge in [0.05, 0.1) is 5.69 Å². The van der Waals surface area contributed by atoms with E-state index >= 15 is 0 Å². The molecule has 0 aliphatic heterocycles. The summed E-state index contributed by atoms with van der Waals surface area (Å²) < 4.78 is 0. The van der Waals surface area contributed by atoms with Crippen LogP contribution in [0.25, 0.3) is 0 Å². The predicted molar refractivity (Wildman–Crippen MR) is 81.6 cm³/mol. The molecule has 1 heterocycles. The van der Waals surface area contributed by atoms with Crippen LogP contribution in [-0.2, 0) is 13.0 Å². The maximum atomic E-state index is 11.2. The summed E-state index contributed by atoms with van der Waals surface area (Å²) in [6.07, 6.45) is 0.640. The number of aromatic carboxylic acids is 1. The van der Waals surface area contributed by atoms with Gasteiger partial charge in [0, 0.05) is 13.1 Å². The first kappa shape index (κ1) is 14.5. The van der Waals surface area contributed by atoms with E-state index in [-0.39, 0.29) is 0 Å². The second kappa shape index (κ2) is 6.52. The van der Waals surface area contributed by atoms with Crippen LogP contribution in [0.1, 0.15) is 34.8 Å². The maximum Gasteiger partial charge on any atom is 0.347 e. The molecule has 0 unspecified atom stereocenters. The number of aromatic nitrogens is 1. The molecule has 2 aromatic rings. The molecular weight excluding hydrogens is 272 g/mol. The van der Waals surface area contributed by atoms with Crippen LogP contribution < -0.4 is 4.90 Å². The average Bonchev–Trinajstić information content (AvgIpc) is 2.90. The van der Waals surface area contributed by atoms with Crippen molar-refractivity contribution in [2.45, 2.75) is 26.8 Å². The topological polar surface area (TPSA) is 53.4 Å². The van der Waals surface area contributed by atoms with E-state index in [9.17, 15) is 9.90 Å². The number of carbonyl (C=O) groups is 1. The van der Waals surface area contributed by atoms with Crippen molar-refractivity contribution in [2.75, 3.05) is 11.4 Å². The first-order valence-electron chi connectivity index (χ1n) is 6.67. The molecule has 0 fully saturated rings. The van der Waals surface area contributed by atoms with Gasteiger partial charge in [0.15, 0.2) is 5.13 Å². The minimum atomic E-state index is -0.888. The monoisotopic (exact) mass is 290 g/mol. The minimum Gasteiger partial charge on any atom is -0.477 e. The molecule has 20 heavy (non-hydrogen) atoms. The Kier molecular flexibility index (Phi) is 4.74. The summed E-state index contributed by atoms with van der Waals surface area (Å²) in [5, 5.41) is 9.99. The van der Waals surface area contributed by atoms with E-state index in [1.54, 1.807) is 0 Å². The van der Waals surface area contributed by atoms with Crippen molar-refractivity contribution in [1.82, 2.24) is 4.98 Å². The van der Waals surface area contributed by atoms with Gasteiger partial charge in [0.2, 0.25) is 0 Å². The van der Waals surface area contributed by atoms with Gasteiger partial charge in [-0.2, -0.15) is 0 Å². The molecule has 0 aliphatic rings. The largest absolute Gasteiger partial charge is 0.477 e. The van der Waals surface area contributed by atoms with Crippen LogP contribution in [0.4, 0.5) is 5.13 Å². The summed E-state index contributed by atoms with van der Waals surface area (Å²) in [6, 6.07) is 10.1. The lowest BCUT2D eigenvalue weighted by Crippen LogP contribution is -2.21. The zero-order valence-electron chi connectivity index (χ0n) is 11.7. The molecule has 0 saturated heterocycles. The van der Waals surface area contributed by atoms with Gasteiger partial charge in [-0.25, -0.2) is 9.78 Å². The van der Waals surface area contributed by atoms with Crippen LogP contribution in [0.15, 0.2) is 30.3 Å². The number of benzene rings is 1. The molecule has 1 aromatic carbocycles. The highest BCUT2D eigenvalue weighted by molar-refractivity contribution is 7.17. The van der Waals surface area contributed by atoms with Gasteiger partial charge < -0.3 is 10.0 Å². The third-order valence-electron chi connectivity index (χ3n) is 3.08. The molecule has 5 heteroatoms. The fourth-order valence-corrected chi connectivity index (χ4v) is 3.06. The number of thiazole rings is 1. The zero-order chi connectivity index (χ0) is 14.5. The number of carboxylic acid groups (broad SMARTS) is 1. The second-order valence-electron chi connectivity index (χ2n) is 4.43. The first-order chi connectivity index (χ1) is 9.65. The predicted octanol–water partition coefficient (Wildman–Crippen LogP) is 3.43. The Labute approximate surface area is 122 Å². The minimum absolute atomic E-state index is 0.356. The molecule has 1 N–H and O–H groups in total. The van der Waals surface area contributed by atoms with Crippen molar-refractivity contribution in [3.05, 3.63) is 46.5 Å². The van der Waals surface area contributed by atoms with E-state index in [1.165, 1.54) is 16.9 Å². The lowest BCUT2D eigenvalue weighted by molar-refractivity contribution is 0.0701. The second-order valence-corrected chi connectivity index (χ2v) is 5.41. The van der Waals surface area contributed by atoms with Crippen molar-refractivity contribution in [3.63, 3.8) is 0 Å². The third kappa shape index (κ3) is 3.17. The average molecular weight is 290 g/mol. The quantitative estimate of drug-likeness (QED) is 0.885. The van der Waals surface area contributed by atoms with E-state index < -0.39 is 5.97 Å². The fraction of sp³-hybridized carbons (Fsp3) is 0.333. The Bertz CT molecular complexity index is 581. The molecule has 4 nitrogen and oxygen atoms in total. The van der Waals surface area contributed by atoms with Gasteiger partial charge in [-0.15, -0.1) is 0 Å². The molecule has 0 saturated carbocycles. The lowest BCUT2D eigenvalue weighted by Gasteiger charge is -2.19. The van der Waals surface area contributed by atoms with Crippen LogP contribution in [0, 0.1) is 0 Å². The summed E-state index contributed by atoms with van der Waals surface area (Å²) in [6.45, 7) is 5.52. The molecule has 0 aliphatic carbocycles. The molecular formula is C15H18N2O2S. The first-order valence-corrected chi connectivity index (χ1v) is 7.49. The molecule has 0 radical (unpaired) electrons. The summed E-state index contributed by atoms with van der Waals surface area (Å²) in [5.41, 5.74) is 1.86. The van der Waals surface area contributed by atoms with Gasteiger partial charge in [0.1, 0.15) is 4.88 Å². The molecule has 1 aromatic heterocycles. The Hall–Kier alpha value is -1.88. The summed E-state index contributed by atoms with van der Waals surface area (Å²) in [5.74, 6) is -0.888. The smallest absolute Gasteiger partial charge is 0.347 e. The van der Waals surface area contributed by atoms with Crippen molar-refractivity contribution in [1.29, 1.82) is 0 Å². The summed E-state index contributed by atoms with van der Waals surface area (Å²) in [7, 11) is 0. The van der Waals surface area contributed by atoms with Gasteiger partial charge in [-0.1, -0.05) is 48.6 Å². The highest BCUT2D eigenvalue weighted by Gasteiger charge is 2.19. The zero-order valence-corrected chi connectivity index (χ0v) is 12.5. The molecule has 106 valence electrons. The van der Waals surface area contributed by atoms with E-state index in [2.05, 4.69) is 28.9 Å².